The molecule has 0 amide bonds. The summed E-state index contributed by atoms with van der Waals surface area (Å²) in [6, 6.07) is 6.72. The number of rotatable bonds is 6. The summed E-state index contributed by atoms with van der Waals surface area (Å²) in [6.07, 6.45) is 1.13. The van der Waals surface area contributed by atoms with Crippen LogP contribution in [0.4, 0.5) is 0 Å². The van der Waals surface area contributed by atoms with Gasteiger partial charge in [0.05, 0.1) is 0 Å². The number of hydrogen-bond donors (Lipinski definition) is 1. The maximum absolute atomic E-state index is 3.35. The molecule has 1 aromatic rings. The quantitative estimate of drug-likeness (QED) is 0.833. The molecule has 102 valence electrons. The minimum Gasteiger partial charge on any atom is -0.314 e. The van der Waals surface area contributed by atoms with Crippen LogP contribution in [0.5, 0.6) is 0 Å². The van der Waals surface area contributed by atoms with Crippen molar-refractivity contribution < 1.29 is 0 Å². The van der Waals surface area contributed by atoms with Gasteiger partial charge in [0.1, 0.15) is 0 Å². The summed E-state index contributed by atoms with van der Waals surface area (Å²) < 4.78 is 0. The predicted molar refractivity (Wildman–Crippen MR) is 80.3 cm³/mol. The lowest BCUT2D eigenvalue weighted by atomic mass is 10.0. The van der Waals surface area contributed by atoms with Gasteiger partial charge >= 0.3 is 0 Å². The Labute approximate surface area is 112 Å². The monoisotopic (exact) mass is 248 g/mol. The molecule has 0 aliphatic rings. The first-order chi connectivity index (χ1) is 8.34. The van der Waals surface area contributed by atoms with E-state index in [1.165, 1.54) is 16.7 Å². The summed E-state index contributed by atoms with van der Waals surface area (Å²) in [5.41, 5.74) is 4.41. The summed E-state index contributed by atoms with van der Waals surface area (Å²) in [6.45, 7) is 11.0. The molecule has 0 bridgehead atoms. The fourth-order valence-corrected chi connectivity index (χ4v) is 2.21. The Balaban J connectivity index is 2.52. The van der Waals surface area contributed by atoms with Gasteiger partial charge in [0, 0.05) is 18.6 Å². The topological polar surface area (TPSA) is 15.3 Å². The van der Waals surface area contributed by atoms with Gasteiger partial charge in [-0.05, 0) is 59.3 Å². The molecule has 0 fully saturated rings. The zero-order valence-corrected chi connectivity index (χ0v) is 12.8. The van der Waals surface area contributed by atoms with E-state index in [1.54, 1.807) is 0 Å². The van der Waals surface area contributed by atoms with E-state index in [1.807, 2.05) is 7.05 Å². The second-order valence-electron chi connectivity index (χ2n) is 6.05. The summed E-state index contributed by atoms with van der Waals surface area (Å²) in [4.78, 5) is 2.40. The molecule has 1 N–H and O–H groups in total. The molecule has 2 heteroatoms. The van der Waals surface area contributed by atoms with Crippen molar-refractivity contribution in [1.29, 1.82) is 0 Å². The van der Waals surface area contributed by atoms with Crippen LogP contribution in [0.2, 0.25) is 0 Å². The number of hydrogen-bond acceptors (Lipinski definition) is 2. The molecule has 18 heavy (non-hydrogen) atoms. The minimum absolute atomic E-state index is 0.177. The highest BCUT2D eigenvalue weighted by Gasteiger charge is 2.16. The largest absolute Gasteiger partial charge is 0.314 e. The molecule has 0 radical (unpaired) electrons. The molecule has 0 aliphatic heterocycles. The smallest absolute Gasteiger partial charge is 0.0249 e. The lowest BCUT2D eigenvalue weighted by Crippen LogP contribution is -2.46. The average molecular weight is 248 g/mol. The molecule has 0 heterocycles. The van der Waals surface area contributed by atoms with E-state index in [4.69, 9.17) is 0 Å². The Morgan fingerprint density at radius 1 is 1.22 bits per heavy atom. The number of nitrogens with one attached hydrogen (secondary N) is 1. The number of aryl methyl sites for hydroxylation is 2. The van der Waals surface area contributed by atoms with Crippen LogP contribution in [0.3, 0.4) is 0 Å². The van der Waals surface area contributed by atoms with E-state index in [0.717, 1.165) is 19.5 Å². The molecule has 1 aromatic carbocycles. The molecule has 2 nitrogen and oxygen atoms in total. The van der Waals surface area contributed by atoms with Crippen LogP contribution in [0.1, 0.15) is 30.5 Å². The molecular weight excluding hydrogens is 220 g/mol. The van der Waals surface area contributed by atoms with Gasteiger partial charge < -0.3 is 10.2 Å². The van der Waals surface area contributed by atoms with Crippen LogP contribution in [0.15, 0.2) is 18.2 Å². The van der Waals surface area contributed by atoms with E-state index in [0.29, 0.717) is 0 Å². The first-order valence-electron chi connectivity index (χ1n) is 6.77. The lowest BCUT2D eigenvalue weighted by Gasteiger charge is -2.30. The third kappa shape index (κ3) is 4.79. The molecule has 0 aliphatic carbocycles. The third-order valence-corrected chi connectivity index (χ3v) is 3.61. The first-order valence-corrected chi connectivity index (χ1v) is 6.77. The molecule has 0 saturated carbocycles. The maximum atomic E-state index is 3.35. The van der Waals surface area contributed by atoms with Gasteiger partial charge in [-0.15, -0.1) is 0 Å². The third-order valence-electron chi connectivity index (χ3n) is 3.61. The Morgan fingerprint density at radius 3 is 2.50 bits per heavy atom. The van der Waals surface area contributed by atoms with Gasteiger partial charge in [0.15, 0.2) is 0 Å². The van der Waals surface area contributed by atoms with E-state index >= 15 is 0 Å². The van der Waals surface area contributed by atoms with Crippen LogP contribution in [-0.4, -0.2) is 37.6 Å². The van der Waals surface area contributed by atoms with Crippen molar-refractivity contribution in [3.05, 3.63) is 34.9 Å². The standard InChI is InChI=1S/C16H28N2/c1-13-7-8-14(2)15(11-13)9-10-18(6)12-16(3,4)17-5/h7-8,11,17H,9-10,12H2,1-6H3. The van der Waals surface area contributed by atoms with Gasteiger partial charge in [-0.1, -0.05) is 23.8 Å². The summed E-state index contributed by atoms with van der Waals surface area (Å²) in [7, 11) is 4.22. The van der Waals surface area contributed by atoms with Crippen molar-refractivity contribution in [2.45, 2.75) is 39.7 Å². The Kier molecular flexibility index (Phi) is 5.36. The summed E-state index contributed by atoms with van der Waals surface area (Å²) in [5.74, 6) is 0. The Morgan fingerprint density at radius 2 is 1.89 bits per heavy atom. The number of nitrogens with zero attached hydrogens (tertiary/aromatic N) is 1. The van der Waals surface area contributed by atoms with Gasteiger partial charge in [0.25, 0.3) is 0 Å². The molecule has 0 saturated heterocycles. The number of likely N-dealkylation sites (N-methyl/N-ethyl adjacent to an activating group) is 2. The molecular formula is C16H28N2. The highest BCUT2D eigenvalue weighted by atomic mass is 15.1. The minimum atomic E-state index is 0.177. The van der Waals surface area contributed by atoms with Crippen LogP contribution in [-0.2, 0) is 6.42 Å². The zero-order chi connectivity index (χ0) is 13.8. The summed E-state index contributed by atoms with van der Waals surface area (Å²) in [5, 5.41) is 3.35. The van der Waals surface area contributed by atoms with Crippen LogP contribution in [0.25, 0.3) is 0 Å². The zero-order valence-electron chi connectivity index (χ0n) is 12.8. The van der Waals surface area contributed by atoms with Gasteiger partial charge in [0.2, 0.25) is 0 Å². The second kappa shape index (κ2) is 6.35. The molecule has 0 spiro atoms. The van der Waals surface area contributed by atoms with Crippen LogP contribution < -0.4 is 5.32 Å². The van der Waals surface area contributed by atoms with Crippen molar-refractivity contribution in [3.8, 4) is 0 Å². The van der Waals surface area contributed by atoms with Gasteiger partial charge in [-0.3, -0.25) is 0 Å². The van der Waals surface area contributed by atoms with Crippen molar-refractivity contribution in [1.82, 2.24) is 10.2 Å². The van der Waals surface area contributed by atoms with Crippen molar-refractivity contribution in [2.75, 3.05) is 27.2 Å². The highest BCUT2D eigenvalue weighted by molar-refractivity contribution is 5.30. The van der Waals surface area contributed by atoms with E-state index < -0.39 is 0 Å². The predicted octanol–water partition coefficient (Wildman–Crippen LogP) is 2.78. The van der Waals surface area contributed by atoms with Crippen molar-refractivity contribution in [2.24, 2.45) is 0 Å². The van der Waals surface area contributed by atoms with Crippen molar-refractivity contribution >= 4 is 0 Å². The average Bonchev–Trinajstić information content (AvgIpc) is 2.30. The Bertz CT molecular complexity index is 383. The van der Waals surface area contributed by atoms with E-state index in [2.05, 4.69) is 63.2 Å². The normalized spacial score (nSPS) is 12.2. The molecule has 0 aromatic heterocycles. The molecule has 0 atom stereocenters. The lowest BCUT2D eigenvalue weighted by molar-refractivity contribution is 0.246. The Hall–Kier alpha value is -0.860. The first kappa shape index (κ1) is 15.2. The fraction of sp³-hybridized carbons (Fsp3) is 0.625. The maximum Gasteiger partial charge on any atom is 0.0249 e. The van der Waals surface area contributed by atoms with Crippen LogP contribution in [0, 0.1) is 13.8 Å². The van der Waals surface area contributed by atoms with Gasteiger partial charge in [-0.25, -0.2) is 0 Å². The molecule has 1 rings (SSSR count). The SMILES string of the molecule is CNC(C)(C)CN(C)CCc1cc(C)ccc1C. The second-order valence-corrected chi connectivity index (χ2v) is 6.05. The fourth-order valence-electron chi connectivity index (χ4n) is 2.21. The van der Waals surface area contributed by atoms with Crippen LogP contribution >= 0.6 is 0 Å². The van der Waals surface area contributed by atoms with E-state index in [-0.39, 0.29) is 5.54 Å². The highest BCUT2D eigenvalue weighted by Crippen LogP contribution is 2.12. The van der Waals surface area contributed by atoms with Crippen molar-refractivity contribution in [3.63, 3.8) is 0 Å². The summed E-state index contributed by atoms with van der Waals surface area (Å²) >= 11 is 0. The van der Waals surface area contributed by atoms with Gasteiger partial charge in [-0.2, -0.15) is 0 Å². The molecule has 0 unspecified atom stereocenters. The van der Waals surface area contributed by atoms with E-state index in [9.17, 15) is 0 Å². The number of benzene rings is 1.